The molecule has 0 saturated heterocycles. The fourth-order valence-electron chi connectivity index (χ4n) is 3.64. The quantitative estimate of drug-likeness (QED) is 0.305. The van der Waals surface area contributed by atoms with Crippen LogP contribution in [0.25, 0.3) is 0 Å². The second-order valence-corrected chi connectivity index (χ2v) is 7.73. The molecule has 1 aliphatic rings. The third-order valence-corrected chi connectivity index (χ3v) is 5.75. The Morgan fingerprint density at radius 2 is 2.04 bits per heavy atom. The third-order valence-electron chi connectivity index (χ3n) is 5.10. The summed E-state index contributed by atoms with van der Waals surface area (Å²) >= 11 is 1.67. The summed E-state index contributed by atoms with van der Waals surface area (Å²) < 4.78 is 16.1. The number of guanidine groups is 1. The molecule has 1 fully saturated rings. The molecule has 6 nitrogen and oxygen atoms in total. The zero-order valence-corrected chi connectivity index (χ0v) is 17.4. The van der Waals surface area contributed by atoms with E-state index in [0.717, 1.165) is 30.4 Å². The Labute approximate surface area is 170 Å². The maximum atomic E-state index is 13.7. The molecule has 0 spiro atoms. The molecule has 1 saturated carbocycles. The number of hydrogen-bond acceptors (Lipinski definition) is 4. The van der Waals surface area contributed by atoms with Gasteiger partial charge in [0.2, 0.25) is 0 Å². The van der Waals surface area contributed by atoms with Crippen molar-refractivity contribution in [1.82, 2.24) is 25.4 Å². The predicted molar refractivity (Wildman–Crippen MR) is 112 cm³/mol. The first kappa shape index (κ1) is 20.6. The Morgan fingerprint density at radius 1 is 1.25 bits per heavy atom. The first-order valence-electron chi connectivity index (χ1n) is 9.88. The molecule has 0 atom stereocenters. The number of halogens is 1. The Hall–Kier alpha value is -2.09. The van der Waals surface area contributed by atoms with Gasteiger partial charge in [0.05, 0.1) is 0 Å². The van der Waals surface area contributed by atoms with Gasteiger partial charge in [-0.25, -0.2) is 4.39 Å². The molecule has 0 aliphatic heterocycles. The molecule has 8 heteroatoms. The lowest BCUT2D eigenvalue weighted by molar-refractivity contribution is 0.460. The molecule has 0 bridgehead atoms. The van der Waals surface area contributed by atoms with E-state index in [2.05, 4.69) is 36.6 Å². The summed E-state index contributed by atoms with van der Waals surface area (Å²) in [5, 5.41) is 16.3. The van der Waals surface area contributed by atoms with Crippen molar-refractivity contribution in [2.75, 3.05) is 19.8 Å². The highest BCUT2D eigenvalue weighted by molar-refractivity contribution is 7.98. The predicted octanol–water partition coefficient (Wildman–Crippen LogP) is 3.55. The summed E-state index contributed by atoms with van der Waals surface area (Å²) in [5.41, 5.74) is 0.625. The molecular weight excluding hydrogens is 375 g/mol. The topological polar surface area (TPSA) is 67.1 Å². The normalized spacial score (nSPS) is 15.2. The molecule has 2 N–H and O–H groups in total. The van der Waals surface area contributed by atoms with Gasteiger partial charge in [0.25, 0.3) is 0 Å². The van der Waals surface area contributed by atoms with Gasteiger partial charge in [-0.3, -0.25) is 4.99 Å². The molecule has 2 aromatic rings. The van der Waals surface area contributed by atoms with E-state index in [1.54, 1.807) is 30.9 Å². The Morgan fingerprint density at radius 3 is 2.75 bits per heavy atom. The second-order valence-electron chi connectivity index (χ2n) is 6.96. The van der Waals surface area contributed by atoms with Gasteiger partial charge < -0.3 is 15.2 Å². The molecule has 1 aromatic heterocycles. The van der Waals surface area contributed by atoms with Crippen LogP contribution in [0.5, 0.6) is 0 Å². The number of rotatable bonds is 8. The van der Waals surface area contributed by atoms with Gasteiger partial charge in [-0.05, 0) is 31.6 Å². The highest BCUT2D eigenvalue weighted by Gasteiger charge is 2.23. The number of nitrogens with zero attached hydrogens (tertiary/aromatic N) is 4. The van der Waals surface area contributed by atoms with Gasteiger partial charge >= 0.3 is 0 Å². The van der Waals surface area contributed by atoms with E-state index >= 15 is 0 Å². The molecule has 1 aromatic carbocycles. The number of aromatic nitrogens is 3. The smallest absolute Gasteiger partial charge is 0.191 e. The molecule has 152 valence electrons. The Bertz CT molecular complexity index is 785. The summed E-state index contributed by atoms with van der Waals surface area (Å²) in [6, 6.07) is 7.32. The van der Waals surface area contributed by atoms with Crippen LogP contribution >= 0.6 is 11.8 Å². The van der Waals surface area contributed by atoms with Crippen LogP contribution in [0.4, 0.5) is 4.39 Å². The van der Waals surface area contributed by atoms with Crippen LogP contribution in [-0.2, 0) is 13.0 Å². The highest BCUT2D eigenvalue weighted by atomic mass is 32.2. The van der Waals surface area contributed by atoms with Crippen molar-refractivity contribution in [2.45, 2.75) is 56.3 Å². The van der Waals surface area contributed by atoms with E-state index in [1.165, 1.54) is 31.7 Å². The van der Waals surface area contributed by atoms with E-state index in [-0.39, 0.29) is 5.82 Å². The number of aryl methyl sites for hydroxylation is 1. The van der Waals surface area contributed by atoms with Crippen molar-refractivity contribution in [2.24, 2.45) is 4.99 Å². The van der Waals surface area contributed by atoms with Crippen LogP contribution in [0.2, 0.25) is 0 Å². The molecule has 0 radical (unpaired) electrons. The van der Waals surface area contributed by atoms with Crippen LogP contribution in [0, 0.1) is 5.82 Å². The molecule has 0 unspecified atom stereocenters. The molecule has 28 heavy (non-hydrogen) atoms. The first-order chi connectivity index (χ1) is 13.7. The minimum Gasteiger partial charge on any atom is -0.356 e. The second kappa shape index (κ2) is 10.5. The van der Waals surface area contributed by atoms with Crippen molar-refractivity contribution < 1.29 is 4.39 Å². The van der Waals surface area contributed by atoms with Crippen molar-refractivity contribution >= 4 is 17.7 Å². The fraction of sp³-hybridized carbons (Fsp3) is 0.550. The third kappa shape index (κ3) is 5.25. The van der Waals surface area contributed by atoms with Crippen LogP contribution in [0.3, 0.4) is 0 Å². The minimum atomic E-state index is -0.207. The lowest BCUT2D eigenvalue weighted by atomic mass is 10.2. The van der Waals surface area contributed by atoms with E-state index in [1.807, 2.05) is 6.07 Å². The fourth-order valence-corrected chi connectivity index (χ4v) is 4.21. The SMILES string of the molecule is CN=C(NCCCc1nnc(SC)n1C1CCCC1)NCc1ccccc1F. The molecule has 3 rings (SSSR count). The Balaban J connectivity index is 1.47. The average molecular weight is 405 g/mol. The molecule has 1 heterocycles. The summed E-state index contributed by atoms with van der Waals surface area (Å²) in [6.45, 7) is 1.17. The number of nitrogens with one attached hydrogen (secondary N) is 2. The standard InChI is InChI=1S/C20H29FN6S/c1-22-19(24-14-15-8-3-6-11-17(15)21)23-13-7-12-18-25-26-20(28-2)27(18)16-9-4-5-10-16/h3,6,8,11,16H,4-5,7,9-10,12-14H2,1-2H3,(H2,22,23,24). The van der Waals surface area contributed by atoms with Gasteiger partial charge in [-0.1, -0.05) is 42.8 Å². The summed E-state index contributed by atoms with van der Waals surface area (Å²) in [5.74, 6) is 1.54. The average Bonchev–Trinajstić information content (AvgIpc) is 3.37. The zero-order chi connectivity index (χ0) is 19.8. The van der Waals surface area contributed by atoms with E-state index in [4.69, 9.17) is 0 Å². The molecular formula is C20H29FN6S. The van der Waals surface area contributed by atoms with E-state index < -0.39 is 0 Å². The maximum Gasteiger partial charge on any atom is 0.191 e. The van der Waals surface area contributed by atoms with Crippen LogP contribution in [0.15, 0.2) is 34.4 Å². The lowest BCUT2D eigenvalue weighted by Gasteiger charge is -2.16. The van der Waals surface area contributed by atoms with Gasteiger partial charge in [-0.2, -0.15) is 0 Å². The monoisotopic (exact) mass is 404 g/mol. The van der Waals surface area contributed by atoms with Gasteiger partial charge in [-0.15, -0.1) is 10.2 Å². The van der Waals surface area contributed by atoms with Crippen molar-refractivity contribution in [3.8, 4) is 0 Å². The van der Waals surface area contributed by atoms with Gasteiger partial charge in [0.15, 0.2) is 11.1 Å². The van der Waals surface area contributed by atoms with Crippen molar-refractivity contribution in [1.29, 1.82) is 0 Å². The summed E-state index contributed by atoms with van der Waals surface area (Å²) in [6.07, 6.45) is 8.91. The van der Waals surface area contributed by atoms with Gasteiger partial charge in [0.1, 0.15) is 11.6 Å². The first-order valence-corrected chi connectivity index (χ1v) is 11.1. The van der Waals surface area contributed by atoms with Crippen LogP contribution in [0.1, 0.15) is 49.5 Å². The number of benzene rings is 1. The Kier molecular flexibility index (Phi) is 7.71. The number of hydrogen-bond donors (Lipinski definition) is 2. The molecule has 0 amide bonds. The van der Waals surface area contributed by atoms with Gasteiger partial charge in [0, 0.05) is 38.2 Å². The van der Waals surface area contributed by atoms with Crippen LogP contribution in [-0.4, -0.2) is 40.6 Å². The zero-order valence-electron chi connectivity index (χ0n) is 16.6. The summed E-state index contributed by atoms with van der Waals surface area (Å²) in [4.78, 5) is 4.21. The number of thioether (sulfide) groups is 1. The minimum absolute atomic E-state index is 0.207. The summed E-state index contributed by atoms with van der Waals surface area (Å²) in [7, 11) is 1.72. The largest absolute Gasteiger partial charge is 0.356 e. The lowest BCUT2D eigenvalue weighted by Crippen LogP contribution is -2.37. The molecule has 1 aliphatic carbocycles. The van der Waals surface area contributed by atoms with E-state index in [0.29, 0.717) is 24.1 Å². The maximum absolute atomic E-state index is 13.7. The number of aliphatic imine (C=N–C) groups is 1. The van der Waals surface area contributed by atoms with E-state index in [9.17, 15) is 4.39 Å². The highest BCUT2D eigenvalue weighted by Crippen LogP contribution is 2.33. The van der Waals surface area contributed by atoms with Crippen molar-refractivity contribution in [3.05, 3.63) is 41.5 Å². The van der Waals surface area contributed by atoms with Crippen LogP contribution < -0.4 is 10.6 Å². The van der Waals surface area contributed by atoms with Crippen molar-refractivity contribution in [3.63, 3.8) is 0 Å².